The molecule has 11 heteroatoms. The van der Waals surface area contributed by atoms with Gasteiger partial charge in [0.2, 0.25) is 5.91 Å². The summed E-state index contributed by atoms with van der Waals surface area (Å²) < 4.78 is 21.0. The lowest BCUT2D eigenvalue weighted by Crippen LogP contribution is -2.39. The molecule has 1 atom stereocenters. The third-order valence-corrected chi connectivity index (χ3v) is 7.20. The monoisotopic (exact) mass is 591 g/mol. The fraction of sp³-hybridized carbons (Fsp3) is 0.290. The van der Waals surface area contributed by atoms with E-state index in [-0.39, 0.29) is 18.2 Å². The van der Waals surface area contributed by atoms with Gasteiger partial charge in [-0.15, -0.1) is 0 Å². The Morgan fingerprint density at radius 2 is 1.62 bits per heavy atom. The second-order valence-corrected chi connectivity index (χ2v) is 9.72. The molecule has 3 aromatic rings. The number of hydrogen-bond acceptors (Lipinski definition) is 8. The number of ether oxygens (including phenoxy) is 4. The third kappa shape index (κ3) is 6.80. The van der Waals surface area contributed by atoms with Crippen molar-refractivity contribution in [2.45, 2.75) is 25.8 Å². The normalized spacial score (nSPS) is 14.5. The third-order valence-electron chi connectivity index (χ3n) is 6.78. The molecule has 1 heterocycles. The minimum Gasteiger partial charge on any atom is -0.494 e. The molecule has 1 aliphatic heterocycles. The highest BCUT2D eigenvalue weighted by Gasteiger charge is 2.44. The molecule has 0 spiro atoms. The minimum atomic E-state index is -0.821. The molecule has 10 nitrogen and oxygen atoms in total. The first kappa shape index (κ1) is 30.3. The molecule has 0 aromatic heterocycles. The molecule has 4 rings (SSSR count). The summed E-state index contributed by atoms with van der Waals surface area (Å²) >= 11 is 5.80. The molecule has 0 saturated carbocycles. The molecular formula is C31H33N3O7S. The van der Waals surface area contributed by atoms with Gasteiger partial charge in [-0.1, -0.05) is 6.07 Å². The Balaban J connectivity index is 1.55. The first-order valence-electron chi connectivity index (χ1n) is 13.4. The number of thiocarbonyl (C=S) groups is 1. The maximum Gasteiger partial charge on any atom is 0.337 e. The topological polar surface area (TPSA) is 107 Å². The number of anilines is 2. The van der Waals surface area contributed by atoms with Gasteiger partial charge < -0.3 is 29.2 Å². The van der Waals surface area contributed by atoms with E-state index in [2.05, 4.69) is 5.32 Å². The van der Waals surface area contributed by atoms with Gasteiger partial charge in [0, 0.05) is 12.2 Å². The van der Waals surface area contributed by atoms with Crippen LogP contribution in [0.15, 0.2) is 66.7 Å². The van der Waals surface area contributed by atoms with Crippen LogP contribution in [0, 0.1) is 0 Å². The Labute approximate surface area is 250 Å². The lowest BCUT2D eigenvalue weighted by Gasteiger charge is -2.24. The highest BCUT2D eigenvalue weighted by Crippen LogP contribution is 2.31. The van der Waals surface area contributed by atoms with Crippen LogP contribution in [-0.2, 0) is 20.7 Å². The predicted molar refractivity (Wildman–Crippen MR) is 162 cm³/mol. The molecular weight excluding hydrogens is 558 g/mol. The van der Waals surface area contributed by atoms with E-state index in [0.29, 0.717) is 58.9 Å². The van der Waals surface area contributed by atoms with E-state index in [0.717, 1.165) is 5.56 Å². The smallest absolute Gasteiger partial charge is 0.337 e. The van der Waals surface area contributed by atoms with Crippen LogP contribution in [0.2, 0.25) is 0 Å². The highest BCUT2D eigenvalue weighted by atomic mass is 32.1. The lowest BCUT2D eigenvalue weighted by atomic mass is 10.1. The summed E-state index contributed by atoms with van der Waals surface area (Å²) in [6.45, 7) is 2.80. The van der Waals surface area contributed by atoms with E-state index in [1.807, 2.05) is 25.1 Å². The van der Waals surface area contributed by atoms with Crippen molar-refractivity contribution in [3.8, 4) is 17.2 Å². The van der Waals surface area contributed by atoms with E-state index in [1.165, 1.54) is 12.0 Å². The summed E-state index contributed by atoms with van der Waals surface area (Å²) in [7, 11) is 4.45. The number of nitrogens with one attached hydrogen (secondary N) is 1. The van der Waals surface area contributed by atoms with Crippen molar-refractivity contribution in [2.75, 3.05) is 44.7 Å². The maximum atomic E-state index is 13.8. The van der Waals surface area contributed by atoms with Gasteiger partial charge in [-0.05, 0) is 91.8 Å². The van der Waals surface area contributed by atoms with Gasteiger partial charge in [0.25, 0.3) is 5.91 Å². The van der Waals surface area contributed by atoms with Crippen molar-refractivity contribution in [1.29, 1.82) is 0 Å². The van der Waals surface area contributed by atoms with Crippen molar-refractivity contribution in [3.05, 3.63) is 77.9 Å². The van der Waals surface area contributed by atoms with Crippen LogP contribution in [0.3, 0.4) is 0 Å². The first-order chi connectivity index (χ1) is 20.3. The molecule has 0 radical (unpaired) electrons. The average molecular weight is 592 g/mol. The van der Waals surface area contributed by atoms with E-state index >= 15 is 0 Å². The van der Waals surface area contributed by atoms with Crippen LogP contribution in [0.4, 0.5) is 11.4 Å². The molecule has 42 heavy (non-hydrogen) atoms. The van der Waals surface area contributed by atoms with Crippen molar-refractivity contribution >= 4 is 46.5 Å². The Morgan fingerprint density at radius 1 is 0.929 bits per heavy atom. The van der Waals surface area contributed by atoms with Gasteiger partial charge in [0.05, 0.1) is 45.6 Å². The number of hydrogen-bond donors (Lipinski definition) is 1. The zero-order valence-electron chi connectivity index (χ0n) is 23.9. The molecule has 220 valence electrons. The largest absolute Gasteiger partial charge is 0.494 e. The van der Waals surface area contributed by atoms with Crippen molar-refractivity contribution < 1.29 is 33.3 Å². The molecule has 2 amide bonds. The summed E-state index contributed by atoms with van der Waals surface area (Å²) in [6, 6.07) is 18.2. The summed E-state index contributed by atoms with van der Waals surface area (Å²) in [5.74, 6) is 0.749. The van der Waals surface area contributed by atoms with E-state index in [9.17, 15) is 14.4 Å². The summed E-state index contributed by atoms with van der Waals surface area (Å²) in [5, 5.41) is 3.12. The molecule has 3 aromatic carbocycles. The number of methoxy groups -OCH3 is 3. The molecule has 1 unspecified atom stereocenters. The van der Waals surface area contributed by atoms with Crippen LogP contribution >= 0.6 is 12.2 Å². The van der Waals surface area contributed by atoms with Crippen LogP contribution < -0.4 is 24.4 Å². The molecule has 1 N–H and O–H groups in total. The number of nitrogens with zero attached hydrogens (tertiary/aromatic N) is 2. The summed E-state index contributed by atoms with van der Waals surface area (Å²) in [4.78, 5) is 41.9. The number of carbonyl (C=O) groups is 3. The number of rotatable bonds is 12. The van der Waals surface area contributed by atoms with Gasteiger partial charge >= 0.3 is 5.97 Å². The van der Waals surface area contributed by atoms with Crippen LogP contribution in [0.25, 0.3) is 0 Å². The Kier molecular flexibility index (Phi) is 9.98. The van der Waals surface area contributed by atoms with Crippen molar-refractivity contribution in [2.24, 2.45) is 0 Å². The van der Waals surface area contributed by atoms with E-state index in [1.54, 1.807) is 67.7 Å². The van der Waals surface area contributed by atoms with E-state index in [4.69, 9.17) is 31.2 Å². The van der Waals surface area contributed by atoms with Crippen LogP contribution in [0.1, 0.15) is 29.3 Å². The molecule has 1 saturated heterocycles. The van der Waals surface area contributed by atoms with Gasteiger partial charge in [-0.3, -0.25) is 14.5 Å². The number of amides is 2. The Bertz CT molecular complexity index is 1440. The average Bonchev–Trinajstić information content (AvgIpc) is 3.23. The van der Waals surface area contributed by atoms with Gasteiger partial charge in [-0.25, -0.2) is 4.79 Å². The van der Waals surface area contributed by atoms with Crippen LogP contribution in [0.5, 0.6) is 17.2 Å². The second-order valence-electron chi connectivity index (χ2n) is 9.35. The second kappa shape index (κ2) is 13.8. The minimum absolute atomic E-state index is 0.128. The predicted octanol–water partition coefficient (Wildman–Crippen LogP) is 4.46. The SMILES string of the molecule is CCOc1ccc(N2C(=O)C(CC(=O)Nc3ccc(C(=O)OC)cc3)N(CCc3ccc(OC)c(OC)c3)C2=S)cc1. The summed E-state index contributed by atoms with van der Waals surface area (Å²) in [6.07, 6.45) is 0.412. The number of benzene rings is 3. The molecule has 1 fully saturated rings. The van der Waals surface area contributed by atoms with Gasteiger partial charge in [0.1, 0.15) is 11.8 Å². The highest BCUT2D eigenvalue weighted by molar-refractivity contribution is 7.80. The fourth-order valence-electron chi connectivity index (χ4n) is 4.66. The lowest BCUT2D eigenvalue weighted by molar-refractivity contribution is -0.124. The molecule has 1 aliphatic rings. The van der Waals surface area contributed by atoms with Gasteiger partial charge in [-0.2, -0.15) is 0 Å². The maximum absolute atomic E-state index is 13.8. The zero-order chi connectivity index (χ0) is 30.2. The number of carbonyl (C=O) groups excluding carboxylic acids is 3. The first-order valence-corrected chi connectivity index (χ1v) is 13.8. The van der Waals surface area contributed by atoms with Gasteiger partial charge in [0.15, 0.2) is 16.6 Å². The molecule has 0 aliphatic carbocycles. The Hall–Kier alpha value is -4.64. The summed E-state index contributed by atoms with van der Waals surface area (Å²) in [5.41, 5.74) is 2.39. The number of esters is 1. The standard InChI is InChI=1S/C31H33N3O7S/c1-5-41-24-13-11-23(12-14-24)34-29(36)25(19-28(35)32-22-9-7-21(8-10-22)30(37)40-4)33(31(34)42)17-16-20-6-15-26(38-2)27(18-20)39-3/h6-15,18,25H,5,16-17,19H2,1-4H3,(H,32,35). The fourth-order valence-corrected chi connectivity index (χ4v) is 5.08. The zero-order valence-corrected chi connectivity index (χ0v) is 24.7. The quantitative estimate of drug-likeness (QED) is 0.241. The van der Waals surface area contributed by atoms with E-state index < -0.39 is 12.0 Å². The van der Waals surface area contributed by atoms with Crippen molar-refractivity contribution in [3.63, 3.8) is 0 Å². The Morgan fingerprint density at radius 3 is 2.24 bits per heavy atom. The molecule has 0 bridgehead atoms. The van der Waals surface area contributed by atoms with Crippen molar-refractivity contribution in [1.82, 2.24) is 4.90 Å². The van der Waals surface area contributed by atoms with Crippen LogP contribution in [-0.4, -0.2) is 68.3 Å².